The molecule has 4 nitrogen and oxygen atoms in total. The fourth-order valence-electron chi connectivity index (χ4n) is 1.11. The van der Waals surface area contributed by atoms with Crippen LogP contribution >= 0.6 is 11.6 Å². The summed E-state index contributed by atoms with van der Waals surface area (Å²) in [5.74, 6) is 0.157. The first-order chi connectivity index (χ1) is 7.63. The number of halogens is 1. The van der Waals surface area contributed by atoms with E-state index in [9.17, 15) is 4.79 Å². The van der Waals surface area contributed by atoms with Crippen LogP contribution < -0.4 is 10.1 Å². The van der Waals surface area contributed by atoms with Crippen LogP contribution in [0.5, 0.6) is 5.75 Å². The van der Waals surface area contributed by atoms with Crippen LogP contribution in [0.2, 0.25) is 5.02 Å². The summed E-state index contributed by atoms with van der Waals surface area (Å²) in [5.41, 5.74) is 0. The van der Waals surface area contributed by atoms with Gasteiger partial charge < -0.3 is 15.2 Å². The van der Waals surface area contributed by atoms with E-state index in [4.69, 9.17) is 21.4 Å². The van der Waals surface area contributed by atoms with E-state index in [-0.39, 0.29) is 6.10 Å². The maximum Gasteiger partial charge on any atom is 0.245 e. The molecule has 1 amide bonds. The number of nitrogens with one attached hydrogen (secondary N) is 1. The topological polar surface area (TPSA) is 58.6 Å². The maximum atomic E-state index is 10.8. The molecule has 0 aromatic heterocycles. The third kappa shape index (κ3) is 4.08. The number of aliphatic hydroxyl groups excluding tert-OH is 1. The molecule has 2 N–H and O–H groups in total. The summed E-state index contributed by atoms with van der Waals surface area (Å²) in [6, 6.07) is 7.12. The molecule has 1 aromatic rings. The summed E-state index contributed by atoms with van der Waals surface area (Å²) < 4.78 is 5.51. The SMILES string of the molecule is CC(CNC(=O)CO)Oc1ccccc1Cl. The predicted molar refractivity (Wildman–Crippen MR) is 61.6 cm³/mol. The van der Waals surface area contributed by atoms with E-state index >= 15 is 0 Å². The summed E-state index contributed by atoms with van der Waals surface area (Å²) >= 11 is 5.91. The van der Waals surface area contributed by atoms with Gasteiger partial charge in [-0.2, -0.15) is 0 Å². The zero-order chi connectivity index (χ0) is 12.0. The van der Waals surface area contributed by atoms with Crippen molar-refractivity contribution in [3.05, 3.63) is 29.3 Å². The van der Waals surface area contributed by atoms with E-state index in [0.29, 0.717) is 17.3 Å². The van der Waals surface area contributed by atoms with Gasteiger partial charge in [0.05, 0.1) is 11.6 Å². The summed E-state index contributed by atoms with van der Waals surface area (Å²) in [6.45, 7) is 1.62. The highest BCUT2D eigenvalue weighted by Gasteiger charge is 2.08. The molecule has 0 heterocycles. The van der Waals surface area contributed by atoms with Gasteiger partial charge in [-0.3, -0.25) is 4.79 Å². The lowest BCUT2D eigenvalue weighted by Crippen LogP contribution is -2.35. The van der Waals surface area contributed by atoms with Crippen molar-refractivity contribution in [1.82, 2.24) is 5.32 Å². The zero-order valence-corrected chi connectivity index (χ0v) is 9.70. The second-order valence-corrected chi connectivity index (χ2v) is 3.73. The van der Waals surface area contributed by atoms with E-state index in [1.165, 1.54) is 0 Å². The first kappa shape index (κ1) is 12.8. The lowest BCUT2D eigenvalue weighted by atomic mass is 10.3. The van der Waals surface area contributed by atoms with Crippen molar-refractivity contribution < 1.29 is 14.6 Å². The van der Waals surface area contributed by atoms with Crippen molar-refractivity contribution in [2.45, 2.75) is 13.0 Å². The van der Waals surface area contributed by atoms with E-state index in [1.807, 2.05) is 12.1 Å². The average molecular weight is 244 g/mol. The van der Waals surface area contributed by atoms with E-state index in [1.54, 1.807) is 19.1 Å². The molecule has 0 saturated heterocycles. The number of amides is 1. The number of ether oxygens (including phenoxy) is 1. The second kappa shape index (κ2) is 6.35. The van der Waals surface area contributed by atoms with Crippen molar-refractivity contribution in [3.8, 4) is 5.75 Å². The number of benzene rings is 1. The van der Waals surface area contributed by atoms with Gasteiger partial charge in [0.1, 0.15) is 18.5 Å². The van der Waals surface area contributed by atoms with Crippen LogP contribution in [-0.4, -0.2) is 30.3 Å². The van der Waals surface area contributed by atoms with E-state index in [0.717, 1.165) is 0 Å². The molecule has 0 aliphatic rings. The Labute approximate surface area is 99.2 Å². The molecule has 0 spiro atoms. The Kier molecular flexibility index (Phi) is 5.08. The fraction of sp³-hybridized carbons (Fsp3) is 0.364. The average Bonchev–Trinajstić information content (AvgIpc) is 2.29. The maximum absolute atomic E-state index is 10.8. The third-order valence-corrected chi connectivity index (χ3v) is 2.21. The standard InChI is InChI=1S/C11H14ClNO3/c1-8(6-13-11(15)7-14)16-10-5-3-2-4-9(10)12/h2-5,8,14H,6-7H2,1H3,(H,13,15). The van der Waals surface area contributed by atoms with Gasteiger partial charge in [0.2, 0.25) is 5.91 Å². The number of carbonyl (C=O) groups is 1. The molecule has 0 aliphatic carbocycles. The van der Waals surface area contributed by atoms with Crippen LogP contribution in [0, 0.1) is 0 Å². The first-order valence-electron chi connectivity index (χ1n) is 4.92. The summed E-state index contributed by atoms with van der Waals surface area (Å²) in [5, 5.41) is 11.6. The normalized spacial score (nSPS) is 11.9. The molecule has 0 radical (unpaired) electrons. The Morgan fingerprint density at radius 3 is 2.88 bits per heavy atom. The van der Waals surface area contributed by atoms with Crippen molar-refractivity contribution in [2.75, 3.05) is 13.2 Å². The Balaban J connectivity index is 2.43. The van der Waals surface area contributed by atoms with Crippen molar-refractivity contribution in [3.63, 3.8) is 0 Å². The van der Waals surface area contributed by atoms with Crippen LogP contribution in [0.1, 0.15) is 6.92 Å². The van der Waals surface area contributed by atoms with Gasteiger partial charge in [0.25, 0.3) is 0 Å². The molecule has 0 fully saturated rings. The number of carbonyl (C=O) groups excluding carboxylic acids is 1. The van der Waals surface area contributed by atoms with Crippen LogP contribution in [0.15, 0.2) is 24.3 Å². The largest absolute Gasteiger partial charge is 0.487 e. The highest BCUT2D eigenvalue weighted by Crippen LogP contribution is 2.23. The Bertz CT molecular complexity index is 357. The molecule has 1 aromatic carbocycles. The molecule has 0 bridgehead atoms. The second-order valence-electron chi connectivity index (χ2n) is 3.32. The van der Waals surface area contributed by atoms with Gasteiger partial charge in [-0.15, -0.1) is 0 Å². The molecule has 5 heteroatoms. The smallest absolute Gasteiger partial charge is 0.245 e. The van der Waals surface area contributed by atoms with Crippen molar-refractivity contribution >= 4 is 17.5 Å². The molecule has 0 aliphatic heterocycles. The minimum absolute atomic E-state index is 0.213. The molecule has 1 atom stereocenters. The minimum atomic E-state index is -0.515. The minimum Gasteiger partial charge on any atom is -0.487 e. The summed E-state index contributed by atoms with van der Waals surface area (Å²) in [7, 11) is 0. The number of hydrogen-bond acceptors (Lipinski definition) is 3. The van der Waals surface area contributed by atoms with Crippen LogP contribution in [0.4, 0.5) is 0 Å². The van der Waals surface area contributed by atoms with Crippen LogP contribution in [0.25, 0.3) is 0 Å². The van der Waals surface area contributed by atoms with Crippen LogP contribution in [0.3, 0.4) is 0 Å². The summed E-state index contributed by atoms with van der Waals surface area (Å²) in [6.07, 6.45) is -0.213. The number of para-hydroxylation sites is 1. The molecule has 1 unspecified atom stereocenters. The number of hydrogen-bond donors (Lipinski definition) is 2. The lowest BCUT2D eigenvalue weighted by molar-refractivity contribution is -0.124. The highest BCUT2D eigenvalue weighted by molar-refractivity contribution is 6.32. The van der Waals surface area contributed by atoms with E-state index in [2.05, 4.69) is 5.32 Å². The number of aliphatic hydroxyl groups is 1. The van der Waals surface area contributed by atoms with Gasteiger partial charge in [-0.1, -0.05) is 23.7 Å². The highest BCUT2D eigenvalue weighted by atomic mass is 35.5. The monoisotopic (exact) mass is 243 g/mol. The van der Waals surface area contributed by atoms with Gasteiger partial charge in [-0.25, -0.2) is 0 Å². The molecular weight excluding hydrogens is 230 g/mol. The van der Waals surface area contributed by atoms with Crippen molar-refractivity contribution in [2.24, 2.45) is 0 Å². The van der Waals surface area contributed by atoms with Gasteiger partial charge in [0.15, 0.2) is 0 Å². The molecule has 16 heavy (non-hydrogen) atoms. The number of rotatable bonds is 5. The van der Waals surface area contributed by atoms with E-state index < -0.39 is 12.5 Å². The molecular formula is C11H14ClNO3. The predicted octanol–water partition coefficient (Wildman–Crippen LogP) is 1.22. The lowest BCUT2D eigenvalue weighted by Gasteiger charge is -2.15. The van der Waals surface area contributed by atoms with Crippen LogP contribution in [-0.2, 0) is 4.79 Å². The Morgan fingerprint density at radius 2 is 2.25 bits per heavy atom. The Morgan fingerprint density at radius 1 is 1.56 bits per heavy atom. The van der Waals surface area contributed by atoms with Gasteiger partial charge in [-0.05, 0) is 19.1 Å². The third-order valence-electron chi connectivity index (χ3n) is 1.90. The van der Waals surface area contributed by atoms with Gasteiger partial charge >= 0.3 is 0 Å². The molecule has 88 valence electrons. The molecule has 0 saturated carbocycles. The molecule has 1 rings (SSSR count). The van der Waals surface area contributed by atoms with Gasteiger partial charge in [0, 0.05) is 0 Å². The quantitative estimate of drug-likeness (QED) is 0.818. The zero-order valence-electron chi connectivity index (χ0n) is 8.94. The summed E-state index contributed by atoms with van der Waals surface area (Å²) in [4.78, 5) is 10.8. The van der Waals surface area contributed by atoms with Crippen molar-refractivity contribution in [1.29, 1.82) is 0 Å². The first-order valence-corrected chi connectivity index (χ1v) is 5.30. The fourth-order valence-corrected chi connectivity index (χ4v) is 1.29. The Hall–Kier alpha value is -1.26.